The average molecular weight is 1830 g/mol. The number of carbonyl (C=O) groups is 4. The number of aromatic nitrogens is 2. The second-order valence-electron chi connectivity index (χ2n) is 38.2. The second-order valence-corrected chi connectivity index (χ2v) is 44.9. The molecular formula is C95H112N10O19S4. The van der Waals surface area contributed by atoms with Gasteiger partial charge in [0, 0.05) is 100 Å². The largest absolute Gasteiger partial charge is 0.449 e. The highest BCUT2D eigenvalue weighted by Crippen LogP contribution is 2.49. The predicted octanol–water partition coefficient (Wildman–Crippen LogP) is 16.1. The number of sulfonamides is 3. The van der Waals surface area contributed by atoms with Crippen LogP contribution >= 0.6 is 0 Å². The molecule has 0 saturated heterocycles. The van der Waals surface area contributed by atoms with Crippen LogP contribution in [0, 0.1) is 16.7 Å². The van der Waals surface area contributed by atoms with Crippen LogP contribution in [0.3, 0.4) is 0 Å². The number of H-pyrrole nitrogens is 1. The highest BCUT2D eigenvalue weighted by atomic mass is 32.2. The summed E-state index contributed by atoms with van der Waals surface area (Å²) in [4.78, 5) is 51.3. The SMILES string of the molecule is CC(C)c1cc(C#N)cc(C(C)C)c1NC(=O)NS(=O)(=O)c1cc2c(o1)CCCC2(C)O.CC1(C)CCC(C)(O)c2cc(S(=O)(=O)NC(=O)Nc3c4c(cc5c3CCC5)CCC4)oc21.CC1(C)CCc2oc(S(=O)(=O)NC(=O)Nc3c4c(cc5c3CCC5)CCC4)cc2/C1=N\O.O=C(Cc1c2c(cc3c1CCC3)CCC2)CS(=O)(=O)c1cc2c(o1)CCCc1cn[nH]c1-2. The van der Waals surface area contributed by atoms with Crippen molar-refractivity contribution in [3.8, 4) is 17.3 Å². The number of aliphatic hydroxyl groups is 2. The lowest BCUT2D eigenvalue weighted by Gasteiger charge is -2.36. The Morgan fingerprint density at radius 3 is 1.36 bits per heavy atom. The van der Waals surface area contributed by atoms with Crippen molar-refractivity contribution >= 4 is 86.6 Å². The first-order valence-corrected chi connectivity index (χ1v) is 50.7. The van der Waals surface area contributed by atoms with E-state index >= 15 is 0 Å². The van der Waals surface area contributed by atoms with Crippen LogP contribution in [0.4, 0.5) is 31.4 Å². The Balaban J connectivity index is 0.000000125. The normalized spacial score (nSPS) is 19.6. The summed E-state index contributed by atoms with van der Waals surface area (Å²) in [6, 6.07) is 15.4. The van der Waals surface area contributed by atoms with Gasteiger partial charge >= 0.3 is 18.1 Å². The number of furan rings is 4. The van der Waals surface area contributed by atoms with Crippen LogP contribution in [0.2, 0.25) is 0 Å². The fraction of sp³-hybridized carbons (Fsp3) is 0.484. The number of aryl methyl sites for hydroxylation is 10. The van der Waals surface area contributed by atoms with Crippen molar-refractivity contribution in [2.45, 2.75) is 304 Å². The summed E-state index contributed by atoms with van der Waals surface area (Å²) in [5.41, 5.74) is 21.2. The Labute approximate surface area is 746 Å². The maximum absolute atomic E-state index is 13.1. The van der Waals surface area contributed by atoms with Gasteiger partial charge in [0.2, 0.25) is 30.2 Å². The van der Waals surface area contributed by atoms with Crippen LogP contribution in [0.25, 0.3) is 11.3 Å². The van der Waals surface area contributed by atoms with Gasteiger partial charge in [-0.3, -0.25) is 9.89 Å². The summed E-state index contributed by atoms with van der Waals surface area (Å²) < 4.78 is 132. The number of Topliss-reactive ketones (excluding diaryl/α,β-unsaturated/α-hetero) is 1. The van der Waals surface area contributed by atoms with E-state index < -0.39 is 90.9 Å². The molecule has 2 atom stereocenters. The minimum Gasteiger partial charge on any atom is -0.449 e. The monoisotopic (exact) mass is 1820 g/mol. The number of benzene rings is 4. The Morgan fingerprint density at radius 2 is 0.875 bits per heavy atom. The molecule has 5 heterocycles. The van der Waals surface area contributed by atoms with Crippen molar-refractivity contribution in [1.82, 2.24) is 24.4 Å². The van der Waals surface area contributed by atoms with Gasteiger partial charge in [0.05, 0.1) is 40.4 Å². The third-order valence-electron chi connectivity index (χ3n) is 27.3. The van der Waals surface area contributed by atoms with E-state index in [-0.39, 0.29) is 39.3 Å². The first-order chi connectivity index (χ1) is 60.5. The van der Waals surface area contributed by atoms with Crippen molar-refractivity contribution in [3.05, 3.63) is 195 Å². The van der Waals surface area contributed by atoms with Crippen LogP contribution in [0.1, 0.15) is 292 Å². The molecule has 6 amide bonds. The summed E-state index contributed by atoms with van der Waals surface area (Å²) in [5, 5.41) is 57.6. The molecule has 128 heavy (non-hydrogen) atoms. The summed E-state index contributed by atoms with van der Waals surface area (Å²) >= 11 is 0. The molecule has 9 aromatic rings. The lowest BCUT2D eigenvalue weighted by molar-refractivity contribution is -0.116. The fourth-order valence-electron chi connectivity index (χ4n) is 20.6. The number of amides is 6. The molecule has 5 aromatic heterocycles. The lowest BCUT2D eigenvalue weighted by Crippen LogP contribution is -2.35. The minimum atomic E-state index is -4.30. The summed E-state index contributed by atoms with van der Waals surface area (Å²) in [6.45, 7) is 18.8. The number of fused-ring (bicyclic) bond motifs is 12. The summed E-state index contributed by atoms with van der Waals surface area (Å²) in [5.74, 6) is 1.17. The van der Waals surface area contributed by atoms with Crippen LogP contribution in [-0.4, -0.2) is 94.6 Å². The molecule has 10 aliphatic carbocycles. The van der Waals surface area contributed by atoms with Crippen LogP contribution < -0.4 is 30.1 Å². The molecule has 0 radical (unpaired) electrons. The highest BCUT2D eigenvalue weighted by molar-refractivity contribution is 7.92. The lowest BCUT2D eigenvalue weighted by atomic mass is 9.71. The zero-order valence-electron chi connectivity index (χ0n) is 74.0. The molecule has 0 bridgehead atoms. The highest BCUT2D eigenvalue weighted by Gasteiger charge is 2.46. The molecule has 33 heteroatoms. The van der Waals surface area contributed by atoms with Gasteiger partial charge < -0.3 is 49.0 Å². The zero-order valence-corrected chi connectivity index (χ0v) is 77.3. The summed E-state index contributed by atoms with van der Waals surface area (Å²) in [7, 11) is -16.6. The van der Waals surface area contributed by atoms with Gasteiger partial charge in [-0.05, 0) is 287 Å². The predicted molar refractivity (Wildman–Crippen MR) is 479 cm³/mol. The first-order valence-electron chi connectivity index (χ1n) is 44.6. The van der Waals surface area contributed by atoms with Gasteiger partial charge in [-0.15, -0.1) is 0 Å². The first kappa shape index (κ1) is 90.7. The fourth-order valence-corrected chi connectivity index (χ4v) is 24.4. The molecule has 0 saturated carbocycles. The number of anilines is 3. The molecule has 4 aromatic carbocycles. The number of nitrogens with one attached hydrogen (secondary N) is 7. The van der Waals surface area contributed by atoms with Crippen LogP contribution in [0.5, 0.6) is 0 Å². The maximum atomic E-state index is 13.1. The number of hydrogen-bond donors (Lipinski definition) is 10. The van der Waals surface area contributed by atoms with Gasteiger partial charge in [-0.2, -0.15) is 35.6 Å². The number of carbonyl (C=O) groups excluding carboxylic acids is 4. The standard InChI is InChI=1S/C25H26N2O4S.C24H30N2O5S.C23H27N3O5S.C23H29N3O5S/c28-18(11-21-19-7-1-4-15(19)10-16-5-2-8-20(16)21)14-32(29,30)24-12-22-23(31-24)9-3-6-17-13-26-27-25(17)22;1-23(2)10-11-24(3,28)18-13-19(31-21(18)23)32(29,30)26-22(27)25-20-16-8-4-6-14(16)12-15-7-5-9-17(15)20;1-23(2)10-9-18-17(21(23)25-28)12-19(31-18)32(29,30)26-22(27)24-20-15-7-3-5-13(15)11-14-6-4-8-16(14)20;1-13(2)16-9-15(12-24)10-17(14(3)4)21(16)25-22(27)26-32(29,30)20-11-18-19(31-20)7-6-8-23(18,5)28/h10,12-13H,1-9,11,14H2,(H,26,27);12-13,28H,4-11H2,1-3H3,(H2,25,26,27);11-12,28H,3-10H2,1-2H3,(H2,24,26,27);9-11,13-14,28H,6-8H2,1-5H3,(H2,25,26,27)/b;;25-21+;. The Bertz CT molecular complexity index is 6420. The van der Waals surface area contributed by atoms with Crippen LogP contribution in [-0.2, 0) is 170 Å². The quantitative estimate of drug-likeness (QED) is 0.0317. The smallest absolute Gasteiger partial charge is 0.333 e. The van der Waals surface area contributed by atoms with Crippen molar-refractivity contribution < 1.29 is 85.9 Å². The zero-order chi connectivity index (χ0) is 91.3. The number of ketones is 1. The third kappa shape index (κ3) is 18.0. The van der Waals surface area contributed by atoms with E-state index in [1.54, 1.807) is 38.2 Å². The average Bonchev–Trinajstić information content (AvgIpc) is 1.58. The summed E-state index contributed by atoms with van der Waals surface area (Å²) in [6.07, 6.45) is 26.5. The molecule has 19 rings (SSSR count). The number of aromatic amines is 1. The van der Waals surface area contributed by atoms with Gasteiger partial charge in [-0.1, -0.05) is 78.7 Å². The number of nitriles is 1. The van der Waals surface area contributed by atoms with Crippen LogP contribution in [0.15, 0.2) is 104 Å². The van der Waals surface area contributed by atoms with Gasteiger partial charge in [0.15, 0.2) is 5.78 Å². The van der Waals surface area contributed by atoms with Gasteiger partial charge in [-0.25, -0.2) is 37.0 Å². The van der Waals surface area contributed by atoms with Gasteiger partial charge in [0.1, 0.15) is 28.8 Å². The topological polar surface area (TPSA) is 455 Å². The molecule has 10 aliphatic rings. The number of urea groups is 3. The number of oxime groups is 1. The van der Waals surface area contributed by atoms with E-state index in [1.165, 1.54) is 62.7 Å². The van der Waals surface area contributed by atoms with Crippen molar-refractivity contribution in [2.24, 2.45) is 10.6 Å². The van der Waals surface area contributed by atoms with E-state index in [1.807, 2.05) is 60.1 Å². The van der Waals surface area contributed by atoms with E-state index in [0.29, 0.717) is 108 Å². The number of rotatable bonds is 16. The number of sulfone groups is 1. The Kier molecular flexibility index (Phi) is 24.6. The molecule has 0 fully saturated rings. The molecule has 0 spiro atoms. The molecule has 10 N–H and O–H groups in total. The maximum Gasteiger partial charge on any atom is 0.333 e. The second kappa shape index (κ2) is 34.7. The third-order valence-corrected chi connectivity index (χ3v) is 32.4. The number of nitrogens with zero attached hydrogens (tertiary/aromatic N) is 3. The molecule has 0 aliphatic heterocycles. The molecular weight excluding hydrogens is 1710 g/mol. The van der Waals surface area contributed by atoms with Crippen molar-refractivity contribution in [3.63, 3.8) is 0 Å². The molecule has 29 nitrogen and oxygen atoms in total. The Morgan fingerprint density at radius 1 is 0.461 bits per heavy atom. The van der Waals surface area contributed by atoms with Gasteiger partial charge in [0.25, 0.3) is 30.1 Å². The Hall–Kier alpha value is -10.6. The van der Waals surface area contributed by atoms with E-state index in [9.17, 15) is 73.5 Å². The van der Waals surface area contributed by atoms with Crippen molar-refractivity contribution in [2.75, 3.05) is 21.7 Å². The number of hydrogen-bond acceptors (Lipinski definition) is 22. The molecule has 680 valence electrons. The van der Waals surface area contributed by atoms with Crippen molar-refractivity contribution in [1.29, 1.82) is 5.26 Å². The van der Waals surface area contributed by atoms with E-state index in [0.717, 1.165) is 196 Å². The van der Waals surface area contributed by atoms with E-state index in [4.69, 9.17) is 17.7 Å². The van der Waals surface area contributed by atoms with E-state index in [2.05, 4.69) is 65.0 Å². The minimum absolute atomic E-state index is 0.00765. The molecule has 2 unspecified atom stereocenters.